The van der Waals surface area contributed by atoms with Gasteiger partial charge in [-0.3, -0.25) is 0 Å². The first-order valence-corrected chi connectivity index (χ1v) is 4.45. The zero-order valence-corrected chi connectivity index (χ0v) is 6.83. The second-order valence-electron chi connectivity index (χ2n) is 2.63. The molecule has 4 heteroatoms. The van der Waals surface area contributed by atoms with E-state index >= 15 is 0 Å². The third-order valence-corrected chi connectivity index (χ3v) is 3.07. The van der Waals surface area contributed by atoms with Crippen LogP contribution in [0.15, 0.2) is 0 Å². The van der Waals surface area contributed by atoms with E-state index in [9.17, 15) is 4.39 Å². The first-order valence-electron chi connectivity index (χ1n) is 3.64. The average Bonchev–Trinajstić information content (AvgIpc) is 2.53. The smallest absolute Gasteiger partial charge is 0.136 e. The number of thiazole rings is 1. The number of aromatic nitrogens is 1. The number of nitrogens with zero attached hydrogens (tertiary/aromatic N) is 1. The third-order valence-electron chi connectivity index (χ3n) is 1.87. The molecule has 2 rings (SSSR count). The number of aryl methyl sites for hydroxylation is 1. The zero-order valence-electron chi connectivity index (χ0n) is 6.01. The Labute approximate surface area is 68.3 Å². The van der Waals surface area contributed by atoms with Crippen molar-refractivity contribution in [1.29, 1.82) is 0 Å². The lowest BCUT2D eigenvalue weighted by atomic mass is 10.3. The van der Waals surface area contributed by atoms with Crippen LogP contribution in [0.2, 0.25) is 0 Å². The number of hydrogen-bond donors (Lipinski definition) is 1. The Morgan fingerprint density at radius 2 is 2.55 bits per heavy atom. The molecule has 0 saturated carbocycles. The molecule has 0 aliphatic heterocycles. The molecule has 1 heterocycles. The van der Waals surface area contributed by atoms with Crippen molar-refractivity contribution in [2.45, 2.75) is 25.6 Å². The molecule has 2 N–H and O–H groups in total. The molecule has 1 aromatic heterocycles. The van der Waals surface area contributed by atoms with E-state index in [4.69, 9.17) is 5.73 Å². The Morgan fingerprint density at radius 1 is 1.73 bits per heavy atom. The topological polar surface area (TPSA) is 38.9 Å². The van der Waals surface area contributed by atoms with Crippen molar-refractivity contribution in [1.82, 2.24) is 4.98 Å². The molecule has 0 radical (unpaired) electrons. The van der Waals surface area contributed by atoms with E-state index in [0.29, 0.717) is 13.0 Å². The molecule has 2 nitrogen and oxygen atoms in total. The number of rotatable bonds is 1. The van der Waals surface area contributed by atoms with Gasteiger partial charge in [-0.1, -0.05) is 0 Å². The highest BCUT2D eigenvalue weighted by atomic mass is 32.1. The summed E-state index contributed by atoms with van der Waals surface area (Å²) in [5, 5.41) is 0.859. The summed E-state index contributed by atoms with van der Waals surface area (Å²) < 4.78 is 13.0. The molecule has 1 aromatic rings. The van der Waals surface area contributed by atoms with Gasteiger partial charge in [0.15, 0.2) is 0 Å². The minimum atomic E-state index is -0.775. The summed E-state index contributed by atoms with van der Waals surface area (Å²) in [6.45, 7) is 0.435. The predicted octanol–water partition coefficient (Wildman–Crippen LogP) is 1.56. The van der Waals surface area contributed by atoms with Crippen LogP contribution in [0.5, 0.6) is 0 Å². The van der Waals surface area contributed by atoms with Crippen molar-refractivity contribution in [2.24, 2.45) is 5.73 Å². The van der Waals surface area contributed by atoms with Crippen LogP contribution >= 0.6 is 11.3 Å². The minimum absolute atomic E-state index is 0.435. The molecule has 0 aromatic carbocycles. The van der Waals surface area contributed by atoms with Gasteiger partial charge in [0.1, 0.15) is 11.2 Å². The number of fused-ring (bicyclic) bond motifs is 1. The highest BCUT2D eigenvalue weighted by Gasteiger charge is 2.25. The number of hydrogen-bond acceptors (Lipinski definition) is 3. The Morgan fingerprint density at radius 3 is 3.18 bits per heavy atom. The summed E-state index contributed by atoms with van der Waals surface area (Å²) in [6, 6.07) is 0. The molecular formula is C7H9FN2S. The molecule has 0 spiro atoms. The average molecular weight is 172 g/mol. The lowest BCUT2D eigenvalue weighted by molar-refractivity contribution is 0.348. The van der Waals surface area contributed by atoms with Gasteiger partial charge in [-0.15, -0.1) is 11.3 Å². The van der Waals surface area contributed by atoms with Gasteiger partial charge in [0, 0.05) is 6.54 Å². The molecule has 1 atom stereocenters. The molecule has 0 amide bonds. The van der Waals surface area contributed by atoms with Gasteiger partial charge < -0.3 is 5.73 Å². The van der Waals surface area contributed by atoms with Crippen LogP contribution in [0.4, 0.5) is 4.39 Å². The van der Waals surface area contributed by atoms with Gasteiger partial charge in [0.05, 0.1) is 10.6 Å². The summed E-state index contributed by atoms with van der Waals surface area (Å²) in [5.74, 6) is 0. The fraction of sp³-hybridized carbons (Fsp3) is 0.571. The lowest BCUT2D eigenvalue weighted by Crippen LogP contribution is -1.95. The maximum absolute atomic E-state index is 13.0. The Hall–Kier alpha value is -0.480. The third kappa shape index (κ3) is 1.06. The SMILES string of the molecule is NCc1nc2c(s1)C(F)CC2. The van der Waals surface area contributed by atoms with Crippen LogP contribution in [0.3, 0.4) is 0 Å². The van der Waals surface area contributed by atoms with Gasteiger partial charge in [-0.25, -0.2) is 9.37 Å². The maximum Gasteiger partial charge on any atom is 0.136 e. The fourth-order valence-electron chi connectivity index (χ4n) is 1.32. The molecule has 11 heavy (non-hydrogen) atoms. The normalized spacial score (nSPS) is 22.2. The van der Waals surface area contributed by atoms with Crippen molar-refractivity contribution in [2.75, 3.05) is 0 Å². The first kappa shape index (κ1) is 7.18. The van der Waals surface area contributed by atoms with Gasteiger partial charge >= 0.3 is 0 Å². The second-order valence-corrected chi connectivity index (χ2v) is 3.74. The van der Waals surface area contributed by atoms with E-state index in [1.165, 1.54) is 11.3 Å². The fourth-order valence-corrected chi connectivity index (χ4v) is 2.32. The van der Waals surface area contributed by atoms with Gasteiger partial charge in [0.25, 0.3) is 0 Å². The van der Waals surface area contributed by atoms with E-state index in [1.54, 1.807) is 0 Å². The van der Waals surface area contributed by atoms with Crippen LogP contribution < -0.4 is 5.73 Å². The van der Waals surface area contributed by atoms with Crippen LogP contribution in [0, 0.1) is 0 Å². The summed E-state index contributed by atoms with van der Waals surface area (Å²) in [4.78, 5) is 5.02. The second kappa shape index (κ2) is 2.53. The summed E-state index contributed by atoms with van der Waals surface area (Å²) >= 11 is 1.42. The number of alkyl halides is 1. The standard InChI is InChI=1S/C7H9FN2S/c8-4-1-2-5-7(4)11-6(3-9)10-5/h4H,1-3,9H2. The Bertz CT molecular complexity index is 271. The molecule has 1 unspecified atom stereocenters. The van der Waals surface area contributed by atoms with Crippen LogP contribution in [-0.4, -0.2) is 4.98 Å². The van der Waals surface area contributed by atoms with Crippen molar-refractivity contribution in [3.8, 4) is 0 Å². The monoisotopic (exact) mass is 172 g/mol. The predicted molar refractivity (Wildman–Crippen MR) is 42.2 cm³/mol. The van der Waals surface area contributed by atoms with Crippen LogP contribution in [0.1, 0.15) is 28.2 Å². The van der Waals surface area contributed by atoms with Crippen molar-refractivity contribution >= 4 is 11.3 Å². The van der Waals surface area contributed by atoms with Crippen molar-refractivity contribution < 1.29 is 4.39 Å². The molecule has 0 bridgehead atoms. The first-order chi connectivity index (χ1) is 5.31. The summed E-state index contributed by atoms with van der Waals surface area (Å²) in [7, 11) is 0. The summed E-state index contributed by atoms with van der Waals surface area (Å²) in [6.07, 6.45) is 0.620. The van der Waals surface area contributed by atoms with Gasteiger partial charge in [0.2, 0.25) is 0 Å². The largest absolute Gasteiger partial charge is 0.325 e. The molecule has 0 saturated heterocycles. The molecule has 60 valence electrons. The number of nitrogens with two attached hydrogens (primary N) is 1. The van der Waals surface area contributed by atoms with E-state index in [1.807, 2.05) is 0 Å². The molecule has 1 aliphatic carbocycles. The maximum atomic E-state index is 13.0. The molecular weight excluding hydrogens is 163 g/mol. The lowest BCUT2D eigenvalue weighted by Gasteiger charge is -1.92. The zero-order chi connectivity index (χ0) is 7.84. The van der Waals surface area contributed by atoms with Gasteiger partial charge in [-0.05, 0) is 12.8 Å². The van der Waals surface area contributed by atoms with Gasteiger partial charge in [-0.2, -0.15) is 0 Å². The van der Waals surface area contributed by atoms with Crippen LogP contribution in [0.25, 0.3) is 0 Å². The molecule has 0 fully saturated rings. The van der Waals surface area contributed by atoms with Crippen molar-refractivity contribution in [3.05, 3.63) is 15.6 Å². The quantitative estimate of drug-likeness (QED) is 0.698. The molecule has 1 aliphatic rings. The Balaban J connectivity index is 2.38. The highest BCUT2D eigenvalue weighted by Crippen LogP contribution is 2.37. The van der Waals surface area contributed by atoms with E-state index < -0.39 is 6.17 Å². The minimum Gasteiger partial charge on any atom is -0.325 e. The number of halogens is 1. The highest BCUT2D eigenvalue weighted by molar-refractivity contribution is 7.11. The van der Waals surface area contributed by atoms with E-state index in [2.05, 4.69) is 4.98 Å². The Kier molecular flexibility index (Phi) is 1.65. The van der Waals surface area contributed by atoms with E-state index in [-0.39, 0.29) is 0 Å². The van der Waals surface area contributed by atoms with Crippen LogP contribution in [-0.2, 0) is 13.0 Å². The van der Waals surface area contributed by atoms with E-state index in [0.717, 1.165) is 22.0 Å². The summed E-state index contributed by atoms with van der Waals surface area (Å²) in [5.41, 5.74) is 6.32. The van der Waals surface area contributed by atoms with Crippen molar-refractivity contribution in [3.63, 3.8) is 0 Å².